The molecule has 0 saturated carbocycles. The highest BCUT2D eigenvalue weighted by Crippen LogP contribution is 2.04. The molecule has 11 heavy (non-hydrogen) atoms. The SMILES string of the molecule is CCCC(OC)O[C@@H](C)C=O. The minimum Gasteiger partial charge on any atom is -0.356 e. The van der Waals surface area contributed by atoms with Gasteiger partial charge in [0.25, 0.3) is 0 Å². The van der Waals surface area contributed by atoms with Crippen LogP contribution in [0.2, 0.25) is 0 Å². The summed E-state index contributed by atoms with van der Waals surface area (Å²) in [5, 5.41) is 0. The van der Waals surface area contributed by atoms with E-state index in [0.29, 0.717) is 0 Å². The van der Waals surface area contributed by atoms with Gasteiger partial charge in [-0.25, -0.2) is 0 Å². The molecular weight excluding hydrogens is 144 g/mol. The molecule has 1 unspecified atom stereocenters. The minimum absolute atomic E-state index is 0.236. The zero-order valence-electron chi connectivity index (χ0n) is 7.37. The van der Waals surface area contributed by atoms with Crippen LogP contribution < -0.4 is 0 Å². The lowest BCUT2D eigenvalue weighted by Crippen LogP contribution is -2.22. The highest BCUT2D eigenvalue weighted by atomic mass is 16.7. The molecule has 0 fully saturated rings. The lowest BCUT2D eigenvalue weighted by atomic mass is 10.3. The van der Waals surface area contributed by atoms with Gasteiger partial charge in [-0.15, -0.1) is 0 Å². The van der Waals surface area contributed by atoms with E-state index in [1.165, 1.54) is 0 Å². The van der Waals surface area contributed by atoms with Crippen molar-refractivity contribution in [2.24, 2.45) is 0 Å². The standard InChI is InChI=1S/C8H16O3/c1-4-5-8(10-3)11-7(2)6-9/h6-8H,4-5H2,1-3H3/t7-,8?/m0/s1. The average Bonchev–Trinajstić information content (AvgIpc) is 2.03. The van der Waals surface area contributed by atoms with Crippen molar-refractivity contribution in [3.05, 3.63) is 0 Å². The highest BCUT2D eigenvalue weighted by Gasteiger charge is 2.09. The van der Waals surface area contributed by atoms with E-state index in [1.54, 1.807) is 14.0 Å². The molecule has 0 aliphatic rings. The largest absolute Gasteiger partial charge is 0.356 e. The van der Waals surface area contributed by atoms with Crippen LogP contribution in [0.25, 0.3) is 0 Å². The average molecular weight is 160 g/mol. The molecule has 3 heteroatoms. The Labute approximate surface area is 67.7 Å². The van der Waals surface area contributed by atoms with Crippen LogP contribution in [-0.4, -0.2) is 25.8 Å². The van der Waals surface area contributed by atoms with Crippen LogP contribution in [-0.2, 0) is 14.3 Å². The Morgan fingerprint density at radius 1 is 1.55 bits per heavy atom. The minimum atomic E-state index is -0.369. The fourth-order valence-electron chi connectivity index (χ4n) is 0.749. The summed E-state index contributed by atoms with van der Waals surface area (Å²) in [7, 11) is 1.58. The predicted molar refractivity (Wildman–Crippen MR) is 42.3 cm³/mol. The first-order valence-corrected chi connectivity index (χ1v) is 3.88. The van der Waals surface area contributed by atoms with Gasteiger partial charge in [0.15, 0.2) is 6.29 Å². The van der Waals surface area contributed by atoms with Gasteiger partial charge in [0.1, 0.15) is 12.4 Å². The summed E-state index contributed by atoms with van der Waals surface area (Å²) < 4.78 is 10.2. The molecule has 0 aromatic heterocycles. The van der Waals surface area contributed by atoms with E-state index in [2.05, 4.69) is 0 Å². The van der Waals surface area contributed by atoms with Crippen molar-refractivity contribution in [3.63, 3.8) is 0 Å². The van der Waals surface area contributed by atoms with Crippen molar-refractivity contribution in [1.29, 1.82) is 0 Å². The number of hydrogen-bond donors (Lipinski definition) is 0. The number of methoxy groups -OCH3 is 1. The number of hydrogen-bond acceptors (Lipinski definition) is 3. The maximum absolute atomic E-state index is 10.2. The first kappa shape index (κ1) is 10.6. The smallest absolute Gasteiger partial charge is 0.158 e. The maximum atomic E-state index is 10.2. The molecule has 0 rings (SSSR count). The lowest BCUT2D eigenvalue weighted by Gasteiger charge is -2.16. The summed E-state index contributed by atoms with van der Waals surface area (Å²) in [6, 6.07) is 0. The number of carbonyl (C=O) groups excluding carboxylic acids is 1. The summed E-state index contributed by atoms with van der Waals surface area (Å²) in [4.78, 5) is 10.2. The van der Waals surface area contributed by atoms with Crippen molar-refractivity contribution in [2.75, 3.05) is 7.11 Å². The number of ether oxygens (including phenoxy) is 2. The molecule has 66 valence electrons. The first-order chi connectivity index (χ1) is 5.24. The van der Waals surface area contributed by atoms with Gasteiger partial charge in [-0.3, -0.25) is 0 Å². The molecule has 0 saturated heterocycles. The first-order valence-electron chi connectivity index (χ1n) is 3.88. The summed E-state index contributed by atoms with van der Waals surface area (Å²) in [6.45, 7) is 3.75. The van der Waals surface area contributed by atoms with E-state index >= 15 is 0 Å². The summed E-state index contributed by atoms with van der Waals surface area (Å²) in [5.74, 6) is 0. The quantitative estimate of drug-likeness (QED) is 0.435. The number of rotatable bonds is 6. The van der Waals surface area contributed by atoms with Crippen LogP contribution in [0.5, 0.6) is 0 Å². The fraction of sp³-hybridized carbons (Fsp3) is 0.875. The molecule has 0 amide bonds. The molecule has 3 nitrogen and oxygen atoms in total. The highest BCUT2D eigenvalue weighted by molar-refractivity contribution is 5.55. The third-order valence-electron chi connectivity index (χ3n) is 1.35. The van der Waals surface area contributed by atoms with E-state index in [1.807, 2.05) is 6.92 Å². The van der Waals surface area contributed by atoms with E-state index < -0.39 is 0 Å². The molecule has 0 aliphatic heterocycles. The Balaban J connectivity index is 3.57. The van der Waals surface area contributed by atoms with Gasteiger partial charge in [-0.1, -0.05) is 13.3 Å². The molecule has 0 aliphatic carbocycles. The fourth-order valence-corrected chi connectivity index (χ4v) is 0.749. The topological polar surface area (TPSA) is 35.5 Å². The zero-order valence-corrected chi connectivity index (χ0v) is 7.37. The molecule has 0 radical (unpaired) electrons. The second-order valence-electron chi connectivity index (χ2n) is 2.43. The monoisotopic (exact) mass is 160 g/mol. The van der Waals surface area contributed by atoms with Crippen LogP contribution in [0.1, 0.15) is 26.7 Å². The third-order valence-corrected chi connectivity index (χ3v) is 1.35. The van der Waals surface area contributed by atoms with Crippen molar-refractivity contribution in [2.45, 2.75) is 39.1 Å². The van der Waals surface area contributed by atoms with Gasteiger partial charge in [0.05, 0.1) is 0 Å². The van der Waals surface area contributed by atoms with Crippen molar-refractivity contribution < 1.29 is 14.3 Å². The molecule has 0 aromatic carbocycles. The lowest BCUT2D eigenvalue weighted by molar-refractivity contribution is -0.159. The molecule has 0 bridgehead atoms. The van der Waals surface area contributed by atoms with E-state index in [4.69, 9.17) is 9.47 Å². The normalized spacial score (nSPS) is 15.9. The Morgan fingerprint density at radius 3 is 2.55 bits per heavy atom. The zero-order chi connectivity index (χ0) is 8.69. The van der Waals surface area contributed by atoms with Crippen LogP contribution in [0.15, 0.2) is 0 Å². The Morgan fingerprint density at radius 2 is 2.18 bits per heavy atom. The molecular formula is C8H16O3. The predicted octanol–water partition coefficient (Wildman–Crippen LogP) is 1.36. The Kier molecular flexibility index (Phi) is 6.07. The van der Waals surface area contributed by atoms with Crippen LogP contribution in [0, 0.1) is 0 Å². The van der Waals surface area contributed by atoms with Crippen LogP contribution in [0.3, 0.4) is 0 Å². The maximum Gasteiger partial charge on any atom is 0.158 e. The van der Waals surface area contributed by atoms with E-state index in [9.17, 15) is 4.79 Å². The van der Waals surface area contributed by atoms with Gasteiger partial charge in [-0.05, 0) is 13.3 Å². The Hall–Kier alpha value is -0.410. The van der Waals surface area contributed by atoms with Crippen molar-refractivity contribution >= 4 is 6.29 Å². The molecule has 0 heterocycles. The summed E-state index contributed by atoms with van der Waals surface area (Å²) >= 11 is 0. The van der Waals surface area contributed by atoms with E-state index in [0.717, 1.165) is 19.1 Å². The second-order valence-corrected chi connectivity index (χ2v) is 2.43. The molecule has 0 N–H and O–H groups in total. The van der Waals surface area contributed by atoms with Gasteiger partial charge >= 0.3 is 0 Å². The summed E-state index contributed by atoms with van der Waals surface area (Å²) in [6.07, 6.45) is 1.98. The molecule has 0 spiro atoms. The summed E-state index contributed by atoms with van der Waals surface area (Å²) in [5.41, 5.74) is 0. The Bertz CT molecular complexity index is 104. The molecule has 2 atom stereocenters. The van der Waals surface area contributed by atoms with E-state index in [-0.39, 0.29) is 12.4 Å². The van der Waals surface area contributed by atoms with Crippen molar-refractivity contribution in [1.82, 2.24) is 0 Å². The molecule has 0 aromatic rings. The van der Waals surface area contributed by atoms with Crippen LogP contribution in [0.4, 0.5) is 0 Å². The van der Waals surface area contributed by atoms with Crippen LogP contribution >= 0.6 is 0 Å². The number of carbonyl (C=O) groups is 1. The number of aldehydes is 1. The third kappa shape index (κ3) is 4.93. The van der Waals surface area contributed by atoms with Crippen molar-refractivity contribution in [3.8, 4) is 0 Å². The van der Waals surface area contributed by atoms with Gasteiger partial charge < -0.3 is 14.3 Å². The second kappa shape index (κ2) is 6.31. The van der Waals surface area contributed by atoms with Gasteiger partial charge in [0, 0.05) is 7.11 Å². The van der Waals surface area contributed by atoms with Gasteiger partial charge in [-0.2, -0.15) is 0 Å². The van der Waals surface area contributed by atoms with Gasteiger partial charge in [0.2, 0.25) is 0 Å².